The largest absolute Gasteiger partial charge is 0.493 e. The fraction of sp³-hybridized carbons (Fsp3) is 0.200. The van der Waals surface area contributed by atoms with E-state index in [9.17, 15) is 4.79 Å². The second-order valence-corrected chi connectivity index (χ2v) is 5.70. The maximum absolute atomic E-state index is 12.2. The highest BCUT2D eigenvalue weighted by Crippen LogP contribution is 2.27. The SMILES string of the molecule is COc1ccc(CCNC(=O)Nc2cccc3cccnc23)cc1OC. The van der Waals surface area contributed by atoms with Gasteiger partial charge in [-0.3, -0.25) is 4.98 Å². The molecule has 6 nitrogen and oxygen atoms in total. The van der Waals surface area contributed by atoms with E-state index in [-0.39, 0.29) is 6.03 Å². The van der Waals surface area contributed by atoms with Crippen molar-refractivity contribution in [3.63, 3.8) is 0 Å². The Labute approximate surface area is 152 Å². The van der Waals surface area contributed by atoms with E-state index in [0.717, 1.165) is 16.5 Å². The molecule has 0 saturated carbocycles. The Bertz CT molecular complexity index is 906. The van der Waals surface area contributed by atoms with Crippen molar-refractivity contribution in [1.29, 1.82) is 0 Å². The van der Waals surface area contributed by atoms with Crippen molar-refractivity contribution in [1.82, 2.24) is 10.3 Å². The first kappa shape index (κ1) is 17.5. The number of aromatic nitrogens is 1. The van der Waals surface area contributed by atoms with Crippen LogP contribution in [0.5, 0.6) is 11.5 Å². The number of amides is 2. The summed E-state index contributed by atoms with van der Waals surface area (Å²) in [5.41, 5.74) is 2.51. The number of nitrogens with zero attached hydrogens (tertiary/aromatic N) is 1. The number of anilines is 1. The number of benzene rings is 2. The standard InChI is InChI=1S/C20H21N3O3/c1-25-17-9-8-14(13-18(17)26-2)10-12-22-20(24)23-16-7-3-5-15-6-4-11-21-19(15)16/h3-9,11,13H,10,12H2,1-2H3,(H2,22,23,24). The molecule has 0 unspecified atom stereocenters. The molecule has 0 spiro atoms. The summed E-state index contributed by atoms with van der Waals surface area (Å²) in [5.74, 6) is 1.36. The number of hydrogen-bond acceptors (Lipinski definition) is 4. The van der Waals surface area contributed by atoms with Gasteiger partial charge in [0, 0.05) is 18.1 Å². The number of pyridine rings is 1. The summed E-state index contributed by atoms with van der Waals surface area (Å²) < 4.78 is 10.5. The van der Waals surface area contributed by atoms with Gasteiger partial charge in [0.15, 0.2) is 11.5 Å². The number of carbonyl (C=O) groups excluding carboxylic acids is 1. The molecule has 2 N–H and O–H groups in total. The van der Waals surface area contributed by atoms with Gasteiger partial charge in [0.25, 0.3) is 0 Å². The number of rotatable bonds is 6. The minimum absolute atomic E-state index is 0.261. The van der Waals surface area contributed by atoms with Crippen LogP contribution in [0.1, 0.15) is 5.56 Å². The normalized spacial score (nSPS) is 10.4. The number of para-hydroxylation sites is 1. The molecule has 0 aliphatic heterocycles. The van der Waals surface area contributed by atoms with Gasteiger partial charge in [-0.05, 0) is 36.2 Å². The molecule has 1 aromatic heterocycles. The Morgan fingerprint density at radius 3 is 2.65 bits per heavy atom. The molecular formula is C20H21N3O3. The van der Waals surface area contributed by atoms with Gasteiger partial charge in [-0.25, -0.2) is 4.79 Å². The van der Waals surface area contributed by atoms with Crippen LogP contribution in [0.2, 0.25) is 0 Å². The van der Waals surface area contributed by atoms with Gasteiger partial charge in [-0.1, -0.05) is 24.3 Å². The summed E-state index contributed by atoms with van der Waals surface area (Å²) in [6, 6.07) is 15.0. The van der Waals surface area contributed by atoms with Crippen LogP contribution in [0, 0.1) is 0 Å². The van der Waals surface area contributed by atoms with Gasteiger partial charge in [0.1, 0.15) is 0 Å². The zero-order valence-electron chi connectivity index (χ0n) is 14.8. The lowest BCUT2D eigenvalue weighted by Crippen LogP contribution is -2.30. The van der Waals surface area contributed by atoms with Crippen molar-refractivity contribution in [2.75, 3.05) is 26.1 Å². The second kappa shape index (κ2) is 8.20. The van der Waals surface area contributed by atoms with E-state index in [4.69, 9.17) is 9.47 Å². The van der Waals surface area contributed by atoms with Crippen molar-refractivity contribution in [2.24, 2.45) is 0 Å². The third-order valence-electron chi connectivity index (χ3n) is 4.03. The Morgan fingerprint density at radius 1 is 1.04 bits per heavy atom. The van der Waals surface area contributed by atoms with Gasteiger partial charge < -0.3 is 20.1 Å². The third-order valence-corrected chi connectivity index (χ3v) is 4.03. The second-order valence-electron chi connectivity index (χ2n) is 5.70. The van der Waals surface area contributed by atoms with Crippen LogP contribution in [0.3, 0.4) is 0 Å². The van der Waals surface area contributed by atoms with Crippen LogP contribution < -0.4 is 20.1 Å². The van der Waals surface area contributed by atoms with Crippen LogP contribution >= 0.6 is 0 Å². The first-order valence-corrected chi connectivity index (χ1v) is 8.31. The van der Waals surface area contributed by atoms with Gasteiger partial charge in [0.2, 0.25) is 0 Å². The zero-order valence-corrected chi connectivity index (χ0v) is 14.8. The Kier molecular flexibility index (Phi) is 5.53. The first-order chi connectivity index (χ1) is 12.7. The smallest absolute Gasteiger partial charge is 0.319 e. The molecule has 0 fully saturated rings. The maximum atomic E-state index is 12.2. The monoisotopic (exact) mass is 351 g/mol. The lowest BCUT2D eigenvalue weighted by molar-refractivity contribution is 0.252. The molecule has 2 aromatic carbocycles. The molecule has 1 heterocycles. The molecule has 0 saturated heterocycles. The Morgan fingerprint density at radius 2 is 1.85 bits per heavy atom. The minimum Gasteiger partial charge on any atom is -0.493 e. The van der Waals surface area contributed by atoms with Crippen molar-refractivity contribution >= 4 is 22.6 Å². The first-order valence-electron chi connectivity index (χ1n) is 8.31. The highest BCUT2D eigenvalue weighted by molar-refractivity contribution is 5.99. The summed E-state index contributed by atoms with van der Waals surface area (Å²) in [4.78, 5) is 16.5. The van der Waals surface area contributed by atoms with Gasteiger partial charge in [0.05, 0.1) is 25.4 Å². The van der Waals surface area contributed by atoms with Crippen LogP contribution in [0.4, 0.5) is 10.5 Å². The molecule has 0 bridgehead atoms. The van der Waals surface area contributed by atoms with Crippen LogP contribution in [0.25, 0.3) is 10.9 Å². The fourth-order valence-corrected chi connectivity index (χ4v) is 2.73. The maximum Gasteiger partial charge on any atom is 0.319 e. The van der Waals surface area contributed by atoms with Crippen LogP contribution in [-0.2, 0) is 6.42 Å². The van der Waals surface area contributed by atoms with E-state index < -0.39 is 0 Å². The van der Waals surface area contributed by atoms with Gasteiger partial charge in [-0.2, -0.15) is 0 Å². The molecular weight excluding hydrogens is 330 g/mol. The van der Waals surface area contributed by atoms with E-state index in [1.165, 1.54) is 0 Å². The third kappa shape index (κ3) is 4.03. The quantitative estimate of drug-likeness (QED) is 0.711. The molecule has 3 aromatic rings. The number of fused-ring (bicyclic) bond motifs is 1. The number of urea groups is 1. The minimum atomic E-state index is -0.261. The highest BCUT2D eigenvalue weighted by Gasteiger charge is 2.07. The lowest BCUT2D eigenvalue weighted by atomic mass is 10.1. The van der Waals surface area contributed by atoms with Crippen molar-refractivity contribution in [3.05, 3.63) is 60.3 Å². The molecule has 6 heteroatoms. The topological polar surface area (TPSA) is 72.5 Å². The van der Waals surface area contributed by atoms with Crippen LogP contribution in [0.15, 0.2) is 54.7 Å². The molecule has 0 radical (unpaired) electrons. The summed E-state index contributed by atoms with van der Waals surface area (Å²) in [5, 5.41) is 6.70. The summed E-state index contributed by atoms with van der Waals surface area (Å²) in [6.07, 6.45) is 2.39. The molecule has 0 aliphatic rings. The lowest BCUT2D eigenvalue weighted by Gasteiger charge is -2.11. The number of hydrogen-bond donors (Lipinski definition) is 2. The van der Waals surface area contributed by atoms with Gasteiger partial charge >= 0.3 is 6.03 Å². The van der Waals surface area contributed by atoms with Crippen molar-refractivity contribution in [3.8, 4) is 11.5 Å². The molecule has 134 valence electrons. The van der Waals surface area contributed by atoms with Crippen molar-refractivity contribution < 1.29 is 14.3 Å². The average molecular weight is 351 g/mol. The molecule has 0 aliphatic carbocycles. The number of carbonyl (C=O) groups is 1. The number of methoxy groups -OCH3 is 2. The Hall–Kier alpha value is -3.28. The molecule has 26 heavy (non-hydrogen) atoms. The van der Waals surface area contributed by atoms with Crippen molar-refractivity contribution in [2.45, 2.75) is 6.42 Å². The molecule has 3 rings (SSSR count). The molecule has 0 atom stereocenters. The number of ether oxygens (including phenoxy) is 2. The Balaban J connectivity index is 1.57. The zero-order chi connectivity index (χ0) is 18.4. The summed E-state index contributed by atoms with van der Waals surface area (Å²) in [6.45, 7) is 0.500. The summed E-state index contributed by atoms with van der Waals surface area (Å²) >= 11 is 0. The predicted molar refractivity (Wildman–Crippen MR) is 102 cm³/mol. The number of nitrogens with one attached hydrogen (secondary N) is 2. The van der Waals surface area contributed by atoms with E-state index in [1.54, 1.807) is 20.4 Å². The molecule has 2 amide bonds. The summed E-state index contributed by atoms with van der Waals surface area (Å²) in [7, 11) is 3.21. The van der Waals surface area contributed by atoms with E-state index >= 15 is 0 Å². The fourth-order valence-electron chi connectivity index (χ4n) is 2.73. The highest BCUT2D eigenvalue weighted by atomic mass is 16.5. The predicted octanol–water partition coefficient (Wildman–Crippen LogP) is 3.62. The van der Waals surface area contributed by atoms with E-state index in [2.05, 4.69) is 15.6 Å². The van der Waals surface area contributed by atoms with E-state index in [1.807, 2.05) is 48.5 Å². The van der Waals surface area contributed by atoms with Gasteiger partial charge in [-0.15, -0.1) is 0 Å². The average Bonchev–Trinajstić information content (AvgIpc) is 2.68. The van der Waals surface area contributed by atoms with Crippen LogP contribution in [-0.4, -0.2) is 31.8 Å². The van der Waals surface area contributed by atoms with E-state index in [0.29, 0.717) is 30.2 Å².